The van der Waals surface area contributed by atoms with Gasteiger partial charge in [-0.25, -0.2) is 17.5 Å². The molecule has 40 heavy (non-hydrogen) atoms. The molecule has 0 unspecified atom stereocenters. The second-order valence-electron chi connectivity index (χ2n) is 10.7. The van der Waals surface area contributed by atoms with Crippen molar-refractivity contribution in [3.63, 3.8) is 0 Å². The zero-order chi connectivity index (χ0) is 29.5. The molecule has 1 fully saturated rings. The zero-order valence-electron chi connectivity index (χ0n) is 23.3. The van der Waals surface area contributed by atoms with Gasteiger partial charge < -0.3 is 15.4 Å². The van der Waals surface area contributed by atoms with Crippen molar-refractivity contribution >= 4 is 33.7 Å². The number of amides is 3. The summed E-state index contributed by atoms with van der Waals surface area (Å²) in [6, 6.07) is 16.0. The van der Waals surface area contributed by atoms with E-state index in [0.29, 0.717) is 18.4 Å². The van der Waals surface area contributed by atoms with Crippen LogP contribution in [-0.2, 0) is 34.9 Å². The van der Waals surface area contributed by atoms with E-state index in [4.69, 9.17) is 4.74 Å². The Labute approximate surface area is 235 Å². The highest BCUT2D eigenvalue weighted by Crippen LogP contribution is 2.35. The zero-order valence-corrected chi connectivity index (χ0v) is 24.1. The topological polar surface area (TPSA) is 139 Å². The summed E-state index contributed by atoms with van der Waals surface area (Å²) >= 11 is 0. The molecule has 0 aromatic heterocycles. The van der Waals surface area contributed by atoms with Crippen LogP contribution in [0.15, 0.2) is 60.7 Å². The Bertz CT molecular complexity index is 1310. The van der Waals surface area contributed by atoms with Crippen molar-refractivity contribution < 1.29 is 32.3 Å². The molecule has 216 valence electrons. The number of ether oxygens (including phenoxy) is 1. The minimum Gasteiger partial charge on any atom is -0.435 e. The van der Waals surface area contributed by atoms with Crippen LogP contribution in [0.3, 0.4) is 0 Å². The van der Waals surface area contributed by atoms with E-state index in [2.05, 4.69) is 10.6 Å². The molecule has 3 atom stereocenters. The van der Waals surface area contributed by atoms with Crippen molar-refractivity contribution in [2.45, 2.75) is 70.9 Å². The number of Topliss-reactive ketones (excluding diaryl/α,β-unsaturated/α-hetero) is 1. The highest BCUT2D eigenvalue weighted by atomic mass is 32.2. The van der Waals surface area contributed by atoms with Crippen LogP contribution in [0.4, 0.5) is 4.79 Å². The third-order valence-electron chi connectivity index (χ3n) is 6.81. The molecule has 0 radical (unpaired) electrons. The molecule has 1 heterocycles. The van der Waals surface area contributed by atoms with E-state index in [1.165, 1.54) is 0 Å². The summed E-state index contributed by atoms with van der Waals surface area (Å²) in [4.78, 5) is 51.8. The Kier molecular flexibility index (Phi) is 10.1. The molecule has 1 saturated heterocycles. The van der Waals surface area contributed by atoms with E-state index in [9.17, 15) is 27.6 Å². The van der Waals surface area contributed by atoms with Crippen LogP contribution in [0.5, 0.6) is 0 Å². The van der Waals surface area contributed by atoms with Crippen molar-refractivity contribution in [2.24, 2.45) is 5.41 Å². The van der Waals surface area contributed by atoms with E-state index < -0.39 is 57.3 Å². The molecule has 0 bridgehead atoms. The molecule has 2 aromatic carbocycles. The summed E-state index contributed by atoms with van der Waals surface area (Å²) in [5, 5.41) is 5.09. The van der Waals surface area contributed by atoms with Crippen molar-refractivity contribution in [1.82, 2.24) is 14.9 Å². The number of sulfonamides is 1. The van der Waals surface area contributed by atoms with Gasteiger partial charge in [-0.15, -0.1) is 0 Å². The molecule has 0 saturated carbocycles. The summed E-state index contributed by atoms with van der Waals surface area (Å²) in [5.41, 5.74) is 0.311. The van der Waals surface area contributed by atoms with Gasteiger partial charge in [0.05, 0.1) is 11.8 Å². The van der Waals surface area contributed by atoms with Crippen molar-refractivity contribution in [3.05, 3.63) is 71.8 Å². The maximum absolute atomic E-state index is 13.2. The number of rotatable bonds is 12. The van der Waals surface area contributed by atoms with E-state index in [0.717, 1.165) is 9.87 Å². The van der Waals surface area contributed by atoms with Gasteiger partial charge in [0.25, 0.3) is 11.8 Å². The van der Waals surface area contributed by atoms with Crippen molar-refractivity contribution in [3.8, 4) is 0 Å². The number of hydrogen-bond acceptors (Lipinski definition) is 7. The van der Waals surface area contributed by atoms with Crippen molar-refractivity contribution in [2.75, 3.05) is 6.54 Å². The number of hydrogen-bond donors (Lipinski definition) is 2. The fourth-order valence-electron chi connectivity index (χ4n) is 4.52. The van der Waals surface area contributed by atoms with Crippen LogP contribution in [0.2, 0.25) is 0 Å². The Morgan fingerprint density at radius 3 is 2.23 bits per heavy atom. The van der Waals surface area contributed by atoms with Gasteiger partial charge in [-0.05, 0) is 24.5 Å². The number of carbonyl (C=O) groups is 4. The summed E-state index contributed by atoms with van der Waals surface area (Å²) in [6.07, 6.45) is -1.02. The Morgan fingerprint density at radius 2 is 1.62 bits per heavy atom. The lowest BCUT2D eigenvalue weighted by atomic mass is 9.90. The predicted molar refractivity (Wildman–Crippen MR) is 149 cm³/mol. The lowest BCUT2D eigenvalue weighted by molar-refractivity contribution is -0.139. The maximum atomic E-state index is 13.2. The highest BCUT2D eigenvalue weighted by molar-refractivity contribution is 7.88. The first-order valence-electron chi connectivity index (χ1n) is 13.3. The van der Waals surface area contributed by atoms with Gasteiger partial charge >= 0.3 is 6.09 Å². The van der Waals surface area contributed by atoms with E-state index in [1.807, 2.05) is 37.3 Å². The molecule has 10 nitrogen and oxygen atoms in total. The summed E-state index contributed by atoms with van der Waals surface area (Å²) in [5.74, 6) is -2.92. The third kappa shape index (κ3) is 7.68. The number of ketones is 1. The van der Waals surface area contributed by atoms with Gasteiger partial charge in [-0.2, -0.15) is 0 Å². The van der Waals surface area contributed by atoms with E-state index in [1.54, 1.807) is 51.1 Å². The fraction of sp³-hybridized carbons (Fsp3) is 0.448. The molecule has 11 heteroatoms. The number of carbonyl (C=O) groups excluding carboxylic acids is 4. The minimum atomic E-state index is -4.03. The lowest BCUT2D eigenvalue weighted by Gasteiger charge is -2.25. The van der Waals surface area contributed by atoms with Gasteiger partial charge in [-0.1, -0.05) is 94.3 Å². The molecule has 0 aliphatic carbocycles. The molecule has 3 rings (SSSR count). The smallest absolute Gasteiger partial charge is 0.408 e. The van der Waals surface area contributed by atoms with E-state index in [-0.39, 0.29) is 18.7 Å². The summed E-state index contributed by atoms with van der Waals surface area (Å²) in [7, 11) is -4.03. The number of unbranched alkanes of at least 4 members (excludes halogenated alkanes) is 1. The quantitative estimate of drug-likeness (QED) is 0.372. The van der Waals surface area contributed by atoms with Crippen LogP contribution in [0.25, 0.3) is 0 Å². The van der Waals surface area contributed by atoms with Crippen LogP contribution in [0.1, 0.15) is 64.1 Å². The second-order valence-corrected chi connectivity index (χ2v) is 12.6. The first-order chi connectivity index (χ1) is 18.9. The Balaban J connectivity index is 1.68. The molecular weight excluding hydrogens is 534 g/mol. The molecule has 2 aromatic rings. The number of nitrogens with one attached hydrogen (secondary N) is 2. The summed E-state index contributed by atoms with van der Waals surface area (Å²) < 4.78 is 32.2. The number of nitrogens with zero attached hydrogens (tertiary/aromatic N) is 1. The maximum Gasteiger partial charge on any atom is 0.408 e. The fourth-order valence-corrected chi connectivity index (χ4v) is 6.18. The van der Waals surface area contributed by atoms with E-state index >= 15 is 0 Å². The Hall–Kier alpha value is -3.73. The number of alkyl carbamates (subject to hydrolysis) is 1. The van der Waals surface area contributed by atoms with Gasteiger partial charge in [0.1, 0.15) is 6.04 Å². The third-order valence-corrected chi connectivity index (χ3v) is 8.49. The Morgan fingerprint density at radius 1 is 1.02 bits per heavy atom. The second kappa shape index (κ2) is 13.1. The van der Waals surface area contributed by atoms with Crippen molar-refractivity contribution in [1.29, 1.82) is 0 Å². The SMILES string of the molecule is CCCC[C@H](NC(=O)O[C@@H]1C(=O)N(S(=O)(=O)Cc2ccccc2)CC1(C)C)C(=O)C(=O)N[C@H](C)c1ccccc1. The van der Waals surface area contributed by atoms with Crippen LogP contribution < -0.4 is 10.6 Å². The first kappa shape index (κ1) is 30.8. The molecule has 3 amide bonds. The first-order valence-corrected chi connectivity index (χ1v) is 14.9. The standard InChI is InChI=1S/C29H37N3O7S/c1-5-6-17-23(24(33)26(34)30-20(2)22-15-11-8-12-16-22)31-28(36)39-25-27(35)32(19-29(25,3)4)40(37,38)18-21-13-9-7-10-14-21/h7-16,20,23,25H,5-6,17-19H2,1-4H3,(H,30,34)(H,31,36)/t20-,23+,25-/m1/s1. The van der Waals surface area contributed by atoms with Gasteiger partial charge in [0.15, 0.2) is 6.10 Å². The average Bonchev–Trinajstić information content (AvgIpc) is 3.15. The van der Waals surface area contributed by atoms with Crippen LogP contribution in [0, 0.1) is 5.41 Å². The van der Waals surface area contributed by atoms with Crippen LogP contribution in [-0.4, -0.2) is 55.1 Å². The lowest BCUT2D eigenvalue weighted by Crippen LogP contribution is -2.49. The molecule has 1 aliphatic heterocycles. The molecule has 0 spiro atoms. The minimum absolute atomic E-state index is 0.170. The summed E-state index contributed by atoms with van der Waals surface area (Å²) in [6.45, 7) is 6.73. The monoisotopic (exact) mass is 571 g/mol. The van der Waals surface area contributed by atoms with Gasteiger partial charge in [-0.3, -0.25) is 14.4 Å². The van der Waals surface area contributed by atoms with Gasteiger partial charge in [0, 0.05) is 12.0 Å². The van der Waals surface area contributed by atoms with Crippen LogP contribution >= 0.6 is 0 Å². The van der Waals surface area contributed by atoms with Gasteiger partial charge in [0.2, 0.25) is 15.8 Å². The molecule has 1 aliphatic rings. The normalized spacial score (nSPS) is 18.1. The predicted octanol–water partition coefficient (Wildman–Crippen LogP) is 3.48. The highest BCUT2D eigenvalue weighted by Gasteiger charge is 2.53. The molecule has 2 N–H and O–H groups in total. The average molecular weight is 572 g/mol. The largest absolute Gasteiger partial charge is 0.435 e. The number of benzene rings is 2. The molecular formula is C29H37N3O7S.